The average molecular weight is 268 g/mol. The van der Waals surface area contributed by atoms with E-state index < -0.39 is 5.54 Å². The number of hydrogen-bond donors (Lipinski definition) is 1. The van der Waals surface area contributed by atoms with Crippen LogP contribution < -0.4 is 5.73 Å². The van der Waals surface area contributed by atoms with Crippen molar-refractivity contribution in [3.8, 4) is 11.7 Å². The molecule has 5 nitrogen and oxygen atoms in total. The molecule has 0 aromatic carbocycles. The van der Waals surface area contributed by atoms with E-state index in [9.17, 15) is 0 Å². The van der Waals surface area contributed by atoms with Gasteiger partial charge in [-0.3, -0.25) is 0 Å². The molecule has 0 atom stereocenters. The molecule has 0 saturated heterocycles. The van der Waals surface area contributed by atoms with Gasteiger partial charge in [0.1, 0.15) is 0 Å². The van der Waals surface area contributed by atoms with E-state index in [0.717, 1.165) is 25.7 Å². The number of nitrogens with zero attached hydrogens (tertiary/aromatic N) is 2. The number of nitrogens with two attached hydrogens (primary N) is 1. The highest BCUT2D eigenvalue weighted by atomic mass is 35.5. The second-order valence-electron chi connectivity index (χ2n) is 4.74. The summed E-state index contributed by atoms with van der Waals surface area (Å²) >= 11 is 5.71. The van der Waals surface area contributed by atoms with Crippen LogP contribution in [0.15, 0.2) is 21.1 Å². The Labute approximate surface area is 109 Å². The summed E-state index contributed by atoms with van der Waals surface area (Å²) in [7, 11) is 0. The maximum atomic E-state index is 6.34. The molecule has 0 amide bonds. The number of furan rings is 1. The maximum absolute atomic E-state index is 6.34. The first kappa shape index (κ1) is 11.7. The van der Waals surface area contributed by atoms with Crippen LogP contribution in [0.1, 0.15) is 37.9 Å². The fourth-order valence-corrected chi connectivity index (χ4v) is 2.51. The van der Waals surface area contributed by atoms with Crippen LogP contribution in [-0.2, 0) is 5.54 Å². The lowest BCUT2D eigenvalue weighted by molar-refractivity contribution is 0.275. The van der Waals surface area contributed by atoms with Gasteiger partial charge in [-0.05, 0) is 36.6 Å². The summed E-state index contributed by atoms with van der Waals surface area (Å²) < 4.78 is 10.4. The minimum Gasteiger partial charge on any atom is -0.440 e. The van der Waals surface area contributed by atoms with E-state index in [2.05, 4.69) is 10.1 Å². The topological polar surface area (TPSA) is 78.1 Å². The molecule has 2 aromatic heterocycles. The molecule has 1 fully saturated rings. The van der Waals surface area contributed by atoms with E-state index in [1.54, 1.807) is 12.1 Å². The zero-order chi connectivity index (χ0) is 12.6. The zero-order valence-corrected chi connectivity index (χ0v) is 10.6. The van der Waals surface area contributed by atoms with E-state index >= 15 is 0 Å². The largest absolute Gasteiger partial charge is 0.440 e. The molecular weight excluding hydrogens is 254 g/mol. The van der Waals surface area contributed by atoms with Gasteiger partial charge in [0.25, 0.3) is 5.89 Å². The number of halogens is 1. The predicted molar refractivity (Wildman–Crippen MR) is 66.0 cm³/mol. The Morgan fingerprint density at radius 2 is 2.00 bits per heavy atom. The van der Waals surface area contributed by atoms with Crippen LogP contribution in [0.5, 0.6) is 0 Å². The quantitative estimate of drug-likeness (QED) is 0.904. The van der Waals surface area contributed by atoms with Crippen molar-refractivity contribution in [2.75, 3.05) is 0 Å². The van der Waals surface area contributed by atoms with Crippen LogP contribution in [0.2, 0.25) is 5.22 Å². The third-order valence-electron chi connectivity index (χ3n) is 3.40. The lowest BCUT2D eigenvalue weighted by atomic mass is 9.82. The van der Waals surface area contributed by atoms with Crippen molar-refractivity contribution in [1.29, 1.82) is 0 Å². The smallest absolute Gasteiger partial charge is 0.293 e. The van der Waals surface area contributed by atoms with E-state index in [0.29, 0.717) is 22.7 Å². The fraction of sp³-hybridized carbons (Fsp3) is 0.500. The predicted octanol–water partition coefficient (Wildman–Crippen LogP) is 3.10. The first-order valence-corrected chi connectivity index (χ1v) is 6.44. The molecular formula is C12H14ClN3O2. The second-order valence-corrected chi connectivity index (χ2v) is 5.12. The molecule has 2 N–H and O–H groups in total. The fourth-order valence-electron chi connectivity index (χ4n) is 2.36. The number of aromatic nitrogens is 2. The molecule has 3 rings (SSSR count). The molecule has 0 radical (unpaired) electrons. The van der Waals surface area contributed by atoms with Gasteiger partial charge in [-0.2, -0.15) is 4.98 Å². The molecule has 0 spiro atoms. The minimum absolute atomic E-state index is 0.296. The number of rotatable bonds is 2. The third kappa shape index (κ3) is 2.04. The summed E-state index contributed by atoms with van der Waals surface area (Å²) in [4.78, 5) is 4.33. The van der Waals surface area contributed by atoms with Crippen molar-refractivity contribution in [2.45, 2.75) is 37.6 Å². The standard InChI is InChI=1S/C12H14ClN3O2/c13-9-5-4-8(17-9)10-15-11(16-18-10)12(14)6-2-1-3-7-12/h4-5H,1-3,6-7,14H2. The molecule has 18 heavy (non-hydrogen) atoms. The van der Waals surface area contributed by atoms with Gasteiger partial charge in [0.05, 0.1) is 5.54 Å². The minimum atomic E-state index is -0.462. The Bertz CT molecular complexity index is 543. The molecule has 0 unspecified atom stereocenters. The van der Waals surface area contributed by atoms with Crippen molar-refractivity contribution in [1.82, 2.24) is 10.1 Å². The van der Waals surface area contributed by atoms with Gasteiger partial charge < -0.3 is 14.7 Å². The summed E-state index contributed by atoms with van der Waals surface area (Å²) in [6.07, 6.45) is 5.22. The van der Waals surface area contributed by atoms with Crippen LogP contribution >= 0.6 is 11.6 Å². The van der Waals surface area contributed by atoms with Crippen molar-refractivity contribution >= 4 is 11.6 Å². The highest BCUT2D eigenvalue weighted by Gasteiger charge is 2.34. The molecule has 2 aromatic rings. The van der Waals surface area contributed by atoms with Gasteiger partial charge in [0.15, 0.2) is 16.8 Å². The molecule has 2 heterocycles. The molecule has 6 heteroatoms. The van der Waals surface area contributed by atoms with Gasteiger partial charge >= 0.3 is 0 Å². The first-order valence-electron chi connectivity index (χ1n) is 6.06. The van der Waals surface area contributed by atoms with Crippen molar-refractivity contribution in [2.24, 2.45) is 5.73 Å². The van der Waals surface area contributed by atoms with E-state index in [1.165, 1.54) is 6.42 Å². The summed E-state index contributed by atoms with van der Waals surface area (Å²) in [5.41, 5.74) is 5.87. The van der Waals surface area contributed by atoms with Gasteiger partial charge in [0.2, 0.25) is 0 Å². The lowest BCUT2D eigenvalue weighted by Gasteiger charge is -2.29. The van der Waals surface area contributed by atoms with Crippen molar-refractivity contribution < 1.29 is 8.94 Å². The Kier molecular flexibility index (Phi) is 2.87. The Morgan fingerprint density at radius 3 is 2.67 bits per heavy atom. The summed E-state index contributed by atoms with van der Waals surface area (Å²) in [6, 6.07) is 3.34. The molecule has 1 saturated carbocycles. The summed E-state index contributed by atoms with van der Waals surface area (Å²) in [5, 5.41) is 4.28. The second kappa shape index (κ2) is 4.40. The monoisotopic (exact) mass is 267 g/mol. The summed E-state index contributed by atoms with van der Waals surface area (Å²) in [6.45, 7) is 0. The van der Waals surface area contributed by atoms with Crippen LogP contribution in [0, 0.1) is 0 Å². The van der Waals surface area contributed by atoms with Crippen LogP contribution in [0.3, 0.4) is 0 Å². The van der Waals surface area contributed by atoms with Gasteiger partial charge in [-0.15, -0.1) is 0 Å². The highest BCUT2D eigenvalue weighted by molar-refractivity contribution is 6.28. The molecule has 0 aliphatic heterocycles. The summed E-state index contributed by atoms with van der Waals surface area (Å²) in [5.74, 6) is 1.36. The number of hydrogen-bond acceptors (Lipinski definition) is 5. The van der Waals surface area contributed by atoms with Crippen LogP contribution in [0.25, 0.3) is 11.7 Å². The Balaban J connectivity index is 1.89. The van der Waals surface area contributed by atoms with E-state index in [4.69, 9.17) is 26.3 Å². The third-order valence-corrected chi connectivity index (χ3v) is 3.60. The Hall–Kier alpha value is -1.33. The van der Waals surface area contributed by atoms with Crippen LogP contribution in [0.4, 0.5) is 0 Å². The SMILES string of the molecule is NC1(c2noc(-c3ccc(Cl)o3)n2)CCCCC1. The van der Waals surface area contributed by atoms with Gasteiger partial charge in [-0.25, -0.2) is 0 Å². The molecule has 1 aliphatic carbocycles. The Morgan fingerprint density at radius 1 is 1.22 bits per heavy atom. The van der Waals surface area contributed by atoms with Gasteiger partial charge in [-0.1, -0.05) is 24.4 Å². The normalized spacial score (nSPS) is 19.0. The zero-order valence-electron chi connectivity index (χ0n) is 9.86. The maximum Gasteiger partial charge on any atom is 0.293 e. The van der Waals surface area contributed by atoms with Crippen molar-refractivity contribution in [3.63, 3.8) is 0 Å². The molecule has 96 valence electrons. The van der Waals surface area contributed by atoms with E-state index in [-0.39, 0.29) is 0 Å². The van der Waals surface area contributed by atoms with Crippen LogP contribution in [-0.4, -0.2) is 10.1 Å². The molecule has 0 bridgehead atoms. The van der Waals surface area contributed by atoms with E-state index in [1.807, 2.05) is 0 Å². The highest BCUT2D eigenvalue weighted by Crippen LogP contribution is 2.34. The first-order chi connectivity index (χ1) is 8.67. The average Bonchev–Trinajstić information content (AvgIpc) is 2.98. The van der Waals surface area contributed by atoms with Crippen molar-refractivity contribution in [3.05, 3.63) is 23.2 Å². The van der Waals surface area contributed by atoms with Gasteiger partial charge in [0, 0.05) is 0 Å². The molecule has 1 aliphatic rings. The lowest BCUT2D eigenvalue weighted by Crippen LogP contribution is -2.39.